The fraction of sp³-hybridized carbons (Fsp3) is 0.231. The first-order valence-electron chi connectivity index (χ1n) is 6.17. The van der Waals surface area contributed by atoms with Gasteiger partial charge in [-0.25, -0.2) is 19.9 Å². The molecule has 3 aromatic rings. The lowest BCUT2D eigenvalue weighted by Crippen LogP contribution is -2.09. The van der Waals surface area contributed by atoms with Gasteiger partial charge in [0.1, 0.15) is 5.82 Å². The average molecular weight is 254 g/mol. The fourth-order valence-electron chi connectivity index (χ4n) is 1.99. The smallest absolute Gasteiger partial charge is 0.195 e. The van der Waals surface area contributed by atoms with Crippen LogP contribution in [-0.2, 0) is 13.1 Å². The van der Waals surface area contributed by atoms with Crippen LogP contribution < -0.4 is 0 Å². The van der Waals surface area contributed by atoms with Gasteiger partial charge >= 0.3 is 0 Å². The lowest BCUT2D eigenvalue weighted by Gasteiger charge is -2.08. The normalized spacial score (nSPS) is 10.8. The second kappa shape index (κ2) is 5.01. The molecule has 0 aromatic carbocycles. The van der Waals surface area contributed by atoms with E-state index in [2.05, 4.69) is 31.4 Å². The summed E-state index contributed by atoms with van der Waals surface area (Å²) in [6, 6.07) is 1.79. The molecule has 3 heterocycles. The zero-order chi connectivity index (χ0) is 13.1. The molecule has 96 valence electrons. The number of hydrogen-bond acceptors (Lipinski definition) is 4. The molecule has 0 saturated carbocycles. The number of aryl methyl sites for hydroxylation is 1. The Bertz CT molecular complexity index is 655. The zero-order valence-corrected chi connectivity index (χ0v) is 10.6. The van der Waals surface area contributed by atoms with Crippen LogP contribution in [0.25, 0.3) is 11.6 Å². The van der Waals surface area contributed by atoms with E-state index in [0.717, 1.165) is 18.2 Å². The summed E-state index contributed by atoms with van der Waals surface area (Å²) < 4.78 is 4.11. The van der Waals surface area contributed by atoms with Gasteiger partial charge in [0.05, 0.1) is 6.54 Å². The number of hydrogen-bond donors (Lipinski definition) is 0. The molecule has 0 amide bonds. The Morgan fingerprint density at radius 3 is 2.42 bits per heavy atom. The van der Waals surface area contributed by atoms with Crippen LogP contribution in [-0.4, -0.2) is 29.1 Å². The predicted molar refractivity (Wildman–Crippen MR) is 70.3 cm³/mol. The van der Waals surface area contributed by atoms with E-state index in [-0.39, 0.29) is 0 Å². The van der Waals surface area contributed by atoms with Crippen LogP contribution in [0.1, 0.15) is 12.7 Å². The van der Waals surface area contributed by atoms with Gasteiger partial charge in [-0.05, 0) is 13.0 Å². The van der Waals surface area contributed by atoms with Crippen LogP contribution in [0.2, 0.25) is 0 Å². The highest BCUT2D eigenvalue weighted by Gasteiger charge is 2.10. The Morgan fingerprint density at radius 2 is 1.63 bits per heavy atom. The Labute approximate surface area is 110 Å². The summed E-state index contributed by atoms with van der Waals surface area (Å²) in [6.45, 7) is 3.66. The van der Waals surface area contributed by atoms with Crippen molar-refractivity contribution in [2.45, 2.75) is 20.0 Å². The van der Waals surface area contributed by atoms with Crippen LogP contribution in [0.15, 0.2) is 43.2 Å². The minimum absolute atomic E-state index is 0.627. The maximum absolute atomic E-state index is 4.37. The Balaban J connectivity index is 1.93. The quantitative estimate of drug-likeness (QED) is 0.709. The van der Waals surface area contributed by atoms with Crippen molar-refractivity contribution in [1.82, 2.24) is 29.1 Å². The molecule has 0 unspecified atom stereocenters. The lowest BCUT2D eigenvalue weighted by atomic mass is 10.4. The summed E-state index contributed by atoms with van der Waals surface area (Å²) in [5.41, 5.74) is 0. The summed E-state index contributed by atoms with van der Waals surface area (Å²) in [4.78, 5) is 17.2. The van der Waals surface area contributed by atoms with Crippen molar-refractivity contribution in [1.29, 1.82) is 0 Å². The highest BCUT2D eigenvalue weighted by atomic mass is 15.1. The molecule has 0 atom stereocenters. The molecule has 0 aliphatic carbocycles. The molecule has 0 radical (unpaired) electrons. The molecular weight excluding hydrogens is 240 g/mol. The van der Waals surface area contributed by atoms with Crippen molar-refractivity contribution in [2.75, 3.05) is 0 Å². The standard InChI is InChI=1S/C13H14N6/c1-2-18-8-6-14-11(18)10-19-9-7-17-13(19)12-15-4-3-5-16-12/h3-9H,2,10H2,1H3. The minimum atomic E-state index is 0.627. The van der Waals surface area contributed by atoms with E-state index in [9.17, 15) is 0 Å². The Hall–Kier alpha value is -2.50. The molecular formula is C13H14N6. The number of imidazole rings is 2. The second-order valence-corrected chi connectivity index (χ2v) is 4.08. The molecule has 0 N–H and O–H groups in total. The van der Waals surface area contributed by atoms with E-state index in [1.165, 1.54) is 0 Å². The number of nitrogens with zero attached hydrogens (tertiary/aromatic N) is 6. The van der Waals surface area contributed by atoms with Gasteiger partial charge < -0.3 is 9.13 Å². The summed E-state index contributed by atoms with van der Waals surface area (Å²) in [7, 11) is 0. The molecule has 0 aliphatic heterocycles. The van der Waals surface area contributed by atoms with E-state index in [0.29, 0.717) is 12.4 Å². The van der Waals surface area contributed by atoms with E-state index in [1.807, 2.05) is 23.2 Å². The summed E-state index contributed by atoms with van der Waals surface area (Å²) >= 11 is 0. The van der Waals surface area contributed by atoms with Crippen molar-refractivity contribution >= 4 is 0 Å². The van der Waals surface area contributed by atoms with Crippen molar-refractivity contribution in [2.24, 2.45) is 0 Å². The van der Waals surface area contributed by atoms with Crippen molar-refractivity contribution in [3.05, 3.63) is 49.1 Å². The first-order valence-corrected chi connectivity index (χ1v) is 6.17. The average Bonchev–Trinajstić information content (AvgIpc) is 3.09. The molecule has 0 bridgehead atoms. The van der Waals surface area contributed by atoms with Crippen LogP contribution in [0.5, 0.6) is 0 Å². The molecule has 0 aliphatic rings. The van der Waals surface area contributed by atoms with Crippen molar-refractivity contribution in [3.63, 3.8) is 0 Å². The molecule has 19 heavy (non-hydrogen) atoms. The van der Waals surface area contributed by atoms with Gasteiger partial charge in [0.2, 0.25) is 0 Å². The number of aromatic nitrogens is 6. The predicted octanol–water partition coefficient (Wildman–Crippen LogP) is 1.60. The Kier molecular flexibility index (Phi) is 3.06. The van der Waals surface area contributed by atoms with Crippen molar-refractivity contribution < 1.29 is 0 Å². The van der Waals surface area contributed by atoms with Gasteiger partial charge in [0.15, 0.2) is 11.6 Å². The maximum Gasteiger partial charge on any atom is 0.195 e. The first-order chi connectivity index (χ1) is 9.38. The molecule has 6 heteroatoms. The topological polar surface area (TPSA) is 61.4 Å². The van der Waals surface area contributed by atoms with Crippen LogP contribution >= 0.6 is 0 Å². The Morgan fingerprint density at radius 1 is 0.895 bits per heavy atom. The molecule has 0 spiro atoms. The highest BCUT2D eigenvalue weighted by molar-refractivity contribution is 5.43. The third kappa shape index (κ3) is 2.24. The molecule has 0 saturated heterocycles. The molecule has 0 fully saturated rings. The summed E-state index contributed by atoms with van der Waals surface area (Å²) in [6.07, 6.45) is 10.9. The van der Waals surface area contributed by atoms with E-state index in [4.69, 9.17) is 0 Å². The van der Waals surface area contributed by atoms with E-state index in [1.54, 1.807) is 24.7 Å². The molecule has 3 aromatic heterocycles. The van der Waals surface area contributed by atoms with Gasteiger partial charge in [0, 0.05) is 43.7 Å². The summed E-state index contributed by atoms with van der Waals surface area (Å²) in [5.74, 6) is 2.38. The third-order valence-corrected chi connectivity index (χ3v) is 2.94. The van der Waals surface area contributed by atoms with Crippen molar-refractivity contribution in [3.8, 4) is 11.6 Å². The fourth-order valence-corrected chi connectivity index (χ4v) is 1.99. The molecule has 3 rings (SSSR count). The third-order valence-electron chi connectivity index (χ3n) is 2.94. The van der Waals surface area contributed by atoms with Gasteiger partial charge in [-0.15, -0.1) is 0 Å². The van der Waals surface area contributed by atoms with Gasteiger partial charge in [-0.2, -0.15) is 0 Å². The maximum atomic E-state index is 4.37. The summed E-state index contributed by atoms with van der Waals surface area (Å²) in [5, 5.41) is 0. The highest BCUT2D eigenvalue weighted by Crippen LogP contribution is 2.13. The van der Waals surface area contributed by atoms with Crippen LogP contribution in [0.3, 0.4) is 0 Å². The first kappa shape index (κ1) is 11.6. The SMILES string of the molecule is CCn1ccnc1Cn1ccnc1-c1ncccn1. The monoisotopic (exact) mass is 254 g/mol. The minimum Gasteiger partial charge on any atom is -0.334 e. The lowest BCUT2D eigenvalue weighted by molar-refractivity contribution is 0.653. The van der Waals surface area contributed by atoms with E-state index >= 15 is 0 Å². The number of rotatable bonds is 4. The second-order valence-electron chi connectivity index (χ2n) is 4.08. The molecule has 6 nitrogen and oxygen atoms in total. The van der Waals surface area contributed by atoms with Crippen LogP contribution in [0.4, 0.5) is 0 Å². The van der Waals surface area contributed by atoms with Gasteiger partial charge in [0.25, 0.3) is 0 Å². The van der Waals surface area contributed by atoms with E-state index < -0.39 is 0 Å². The largest absolute Gasteiger partial charge is 0.334 e. The van der Waals surface area contributed by atoms with Crippen LogP contribution in [0, 0.1) is 0 Å². The van der Waals surface area contributed by atoms with Gasteiger partial charge in [-0.3, -0.25) is 0 Å². The zero-order valence-electron chi connectivity index (χ0n) is 10.6. The van der Waals surface area contributed by atoms with Gasteiger partial charge in [-0.1, -0.05) is 0 Å².